The lowest BCUT2D eigenvalue weighted by atomic mass is 10.0. The van der Waals surface area contributed by atoms with Crippen LogP contribution in [0.1, 0.15) is 386 Å². The van der Waals surface area contributed by atoms with E-state index in [1.807, 2.05) is 21.1 Å². The number of rotatable bonds is 72. The fourth-order valence-electron chi connectivity index (χ4n) is 11.5. The van der Waals surface area contributed by atoms with Gasteiger partial charge in [-0.15, -0.1) is 0 Å². The van der Waals surface area contributed by atoms with Gasteiger partial charge in [0.1, 0.15) is 13.2 Å². The molecule has 0 N–H and O–H groups in total. The molecular formula is C78H147NO8. The summed E-state index contributed by atoms with van der Waals surface area (Å²) >= 11 is 0. The van der Waals surface area contributed by atoms with Crippen LogP contribution in [0.3, 0.4) is 0 Å². The van der Waals surface area contributed by atoms with Crippen molar-refractivity contribution in [2.24, 2.45) is 0 Å². The number of quaternary nitrogens is 1. The number of ether oxygens (including phenoxy) is 4. The number of carboxylic acid groups (broad SMARTS) is 1. The van der Waals surface area contributed by atoms with E-state index in [4.69, 9.17) is 18.9 Å². The van der Waals surface area contributed by atoms with E-state index >= 15 is 0 Å². The molecule has 512 valence electrons. The van der Waals surface area contributed by atoms with Crippen molar-refractivity contribution >= 4 is 17.9 Å². The second kappa shape index (κ2) is 69.4. The zero-order chi connectivity index (χ0) is 63.3. The number of esters is 2. The van der Waals surface area contributed by atoms with Crippen molar-refractivity contribution in [3.63, 3.8) is 0 Å². The molecule has 0 aliphatic rings. The Morgan fingerprint density at radius 1 is 0.345 bits per heavy atom. The standard InChI is InChI=1S/C78H147NO8/c1-6-8-10-12-14-16-18-20-22-24-26-28-29-30-31-32-33-34-35-36-37-38-39-40-41-42-43-44-45-46-47-49-51-53-55-57-59-61-63-65-67-69-76(81)87-74(73-86-78(77(82)83)84-71-70-79(3,4)5)72-85-75(80)68-66-64-62-60-58-56-54-52-50-48-27-25-23-21-19-17-15-13-11-9-7-2/h18,20,24-27,74,78H,6-17,19,21-23,28-73H2,1-5H3/b20-18-,26-24-,27-25-. The van der Waals surface area contributed by atoms with E-state index in [1.54, 1.807) is 0 Å². The van der Waals surface area contributed by atoms with Crippen LogP contribution in [-0.2, 0) is 33.3 Å². The summed E-state index contributed by atoms with van der Waals surface area (Å²) in [5, 5.41) is 11.8. The van der Waals surface area contributed by atoms with Crippen LogP contribution in [0.25, 0.3) is 0 Å². The number of hydrogen-bond donors (Lipinski definition) is 0. The summed E-state index contributed by atoms with van der Waals surface area (Å²) in [5.74, 6) is -2.26. The summed E-state index contributed by atoms with van der Waals surface area (Å²) in [6, 6.07) is 0. The highest BCUT2D eigenvalue weighted by molar-refractivity contribution is 5.70. The Balaban J connectivity index is 3.93. The molecule has 0 saturated carbocycles. The third-order valence-electron chi connectivity index (χ3n) is 17.4. The highest BCUT2D eigenvalue weighted by atomic mass is 16.7. The highest BCUT2D eigenvalue weighted by Gasteiger charge is 2.22. The van der Waals surface area contributed by atoms with Crippen molar-refractivity contribution in [2.45, 2.75) is 399 Å². The largest absolute Gasteiger partial charge is 0.545 e. The van der Waals surface area contributed by atoms with E-state index in [0.29, 0.717) is 17.4 Å². The third-order valence-corrected chi connectivity index (χ3v) is 17.4. The van der Waals surface area contributed by atoms with Gasteiger partial charge in [0.05, 0.1) is 40.3 Å². The van der Waals surface area contributed by atoms with Gasteiger partial charge >= 0.3 is 11.9 Å². The Bertz CT molecular complexity index is 1520. The molecule has 9 heteroatoms. The van der Waals surface area contributed by atoms with Gasteiger partial charge in [-0.25, -0.2) is 0 Å². The summed E-state index contributed by atoms with van der Waals surface area (Å²) in [6.45, 7) is 4.80. The molecule has 9 nitrogen and oxygen atoms in total. The number of nitrogens with zero attached hydrogens (tertiary/aromatic N) is 1. The maximum Gasteiger partial charge on any atom is 0.306 e. The molecule has 0 heterocycles. The first kappa shape index (κ1) is 84.5. The summed E-state index contributed by atoms with van der Waals surface area (Å²) in [5.41, 5.74) is 0. The summed E-state index contributed by atoms with van der Waals surface area (Å²) < 4.78 is 22.8. The topological polar surface area (TPSA) is 111 Å². The average Bonchev–Trinajstić information content (AvgIpc) is 3.59. The first-order chi connectivity index (χ1) is 42.6. The minimum Gasteiger partial charge on any atom is -0.545 e. The molecule has 0 rings (SSSR count). The van der Waals surface area contributed by atoms with Crippen molar-refractivity contribution in [3.8, 4) is 0 Å². The molecule has 0 amide bonds. The minimum atomic E-state index is -1.62. The van der Waals surface area contributed by atoms with E-state index in [1.165, 1.54) is 315 Å². The SMILES string of the molecule is CCCCCCC/C=C\C/C=C\CCCCCCCCCCCCCCCCCCCCCCCCCCCCCCCC(=O)OC(COC(=O)CCCCCCCCCCC/C=C\CCCCCCCCCC)COC(OCC[N+](C)(C)C)C(=O)[O-]. The number of unbranched alkanes of at least 4 members (excludes halogenated alkanes) is 51. The zero-order valence-electron chi connectivity index (χ0n) is 58.7. The molecule has 0 aliphatic carbocycles. The van der Waals surface area contributed by atoms with Gasteiger partial charge in [-0.1, -0.05) is 339 Å². The molecule has 0 radical (unpaired) electrons. The number of carboxylic acids is 1. The summed E-state index contributed by atoms with van der Waals surface area (Å²) in [4.78, 5) is 37.5. The van der Waals surface area contributed by atoms with Crippen molar-refractivity contribution in [1.29, 1.82) is 0 Å². The van der Waals surface area contributed by atoms with E-state index in [2.05, 4.69) is 50.3 Å². The monoisotopic (exact) mass is 1230 g/mol. The quantitative estimate of drug-likeness (QED) is 0.0195. The van der Waals surface area contributed by atoms with Gasteiger partial charge in [0, 0.05) is 12.8 Å². The molecule has 0 aromatic rings. The number of allylic oxidation sites excluding steroid dienone is 6. The maximum absolute atomic E-state index is 12.9. The second-order valence-corrected chi connectivity index (χ2v) is 27.3. The van der Waals surface area contributed by atoms with Gasteiger partial charge in [-0.2, -0.15) is 0 Å². The van der Waals surface area contributed by atoms with Crippen LogP contribution in [0, 0.1) is 0 Å². The van der Waals surface area contributed by atoms with Crippen LogP contribution in [0.5, 0.6) is 0 Å². The van der Waals surface area contributed by atoms with Gasteiger partial charge in [0.15, 0.2) is 12.4 Å². The van der Waals surface area contributed by atoms with Crippen LogP contribution < -0.4 is 5.11 Å². The molecular weight excluding hydrogens is 1080 g/mol. The molecule has 0 aromatic heterocycles. The molecule has 0 saturated heterocycles. The lowest BCUT2D eigenvalue weighted by Crippen LogP contribution is -2.44. The van der Waals surface area contributed by atoms with Gasteiger partial charge in [-0.05, 0) is 70.6 Å². The number of hydrogen-bond acceptors (Lipinski definition) is 8. The van der Waals surface area contributed by atoms with Crippen molar-refractivity contribution < 1.29 is 42.9 Å². The van der Waals surface area contributed by atoms with Crippen molar-refractivity contribution in [1.82, 2.24) is 0 Å². The molecule has 0 fully saturated rings. The Kier molecular flexibility index (Phi) is 67.4. The van der Waals surface area contributed by atoms with Gasteiger partial charge in [0.2, 0.25) is 0 Å². The predicted octanol–water partition coefficient (Wildman–Crippen LogP) is 22.6. The van der Waals surface area contributed by atoms with E-state index in [-0.39, 0.29) is 32.2 Å². The molecule has 0 aliphatic heterocycles. The van der Waals surface area contributed by atoms with Crippen LogP contribution >= 0.6 is 0 Å². The zero-order valence-corrected chi connectivity index (χ0v) is 58.7. The average molecular weight is 1230 g/mol. The van der Waals surface area contributed by atoms with E-state index in [9.17, 15) is 19.5 Å². The molecule has 0 aromatic carbocycles. The van der Waals surface area contributed by atoms with Gasteiger partial charge in [-0.3, -0.25) is 9.59 Å². The molecule has 2 unspecified atom stereocenters. The lowest BCUT2D eigenvalue weighted by molar-refractivity contribution is -0.870. The lowest BCUT2D eigenvalue weighted by Gasteiger charge is -2.26. The highest BCUT2D eigenvalue weighted by Crippen LogP contribution is 2.19. The predicted molar refractivity (Wildman–Crippen MR) is 371 cm³/mol. The third kappa shape index (κ3) is 70.8. The van der Waals surface area contributed by atoms with Crippen LogP contribution in [0.2, 0.25) is 0 Å². The van der Waals surface area contributed by atoms with Crippen molar-refractivity contribution in [2.75, 3.05) is 47.5 Å². The first-order valence-corrected chi connectivity index (χ1v) is 38.1. The molecule has 2 atom stereocenters. The minimum absolute atomic E-state index is 0.150. The maximum atomic E-state index is 12.9. The van der Waals surface area contributed by atoms with Gasteiger partial charge < -0.3 is 33.3 Å². The molecule has 0 spiro atoms. The molecule has 0 bridgehead atoms. The number of carbonyl (C=O) groups is 3. The van der Waals surface area contributed by atoms with Gasteiger partial charge in [0.25, 0.3) is 0 Å². The Morgan fingerprint density at radius 3 is 0.920 bits per heavy atom. The number of likely N-dealkylation sites (N-methyl/N-ethyl adjacent to an activating group) is 1. The Hall–Kier alpha value is -2.49. The summed E-state index contributed by atoms with van der Waals surface area (Å²) in [7, 11) is 5.94. The Morgan fingerprint density at radius 2 is 0.621 bits per heavy atom. The first-order valence-electron chi connectivity index (χ1n) is 38.1. The fraction of sp³-hybridized carbons (Fsp3) is 0.885. The van der Waals surface area contributed by atoms with E-state index in [0.717, 1.165) is 44.9 Å². The Labute approximate surface area is 540 Å². The van der Waals surface area contributed by atoms with Crippen LogP contribution in [0.15, 0.2) is 36.5 Å². The normalized spacial score (nSPS) is 12.8. The van der Waals surface area contributed by atoms with Crippen LogP contribution in [-0.4, -0.2) is 82.3 Å². The van der Waals surface area contributed by atoms with Crippen LogP contribution in [0.4, 0.5) is 0 Å². The number of carbonyl (C=O) groups excluding carboxylic acids is 3. The molecule has 87 heavy (non-hydrogen) atoms. The summed E-state index contributed by atoms with van der Waals surface area (Å²) in [6.07, 6.45) is 85.5. The second-order valence-electron chi connectivity index (χ2n) is 27.3. The smallest absolute Gasteiger partial charge is 0.306 e. The van der Waals surface area contributed by atoms with Crippen molar-refractivity contribution in [3.05, 3.63) is 36.5 Å². The van der Waals surface area contributed by atoms with E-state index < -0.39 is 24.3 Å². The fourth-order valence-corrected chi connectivity index (χ4v) is 11.5. The number of aliphatic carboxylic acids is 1.